The summed E-state index contributed by atoms with van der Waals surface area (Å²) in [5, 5.41) is 60.6. The minimum atomic E-state index is -1.77. The second-order valence-corrected chi connectivity index (χ2v) is 17.9. The molecule has 0 bridgehead atoms. The highest BCUT2D eigenvalue weighted by molar-refractivity contribution is 8.03. The van der Waals surface area contributed by atoms with Gasteiger partial charge >= 0.3 is 0 Å². The van der Waals surface area contributed by atoms with Crippen LogP contribution in [0.4, 0.5) is 0 Å². The Morgan fingerprint density at radius 2 is 1.68 bits per heavy atom. The molecule has 4 unspecified atom stereocenters. The molecule has 2 fully saturated rings. The molecule has 2 aliphatic heterocycles. The Morgan fingerprint density at radius 1 is 1.03 bits per heavy atom. The van der Waals surface area contributed by atoms with Crippen LogP contribution in [0.3, 0.4) is 0 Å². The zero-order valence-electron chi connectivity index (χ0n) is 33.0. The van der Waals surface area contributed by atoms with Crippen molar-refractivity contribution in [3.63, 3.8) is 0 Å². The molecule has 324 valence electrons. The number of aryl methyl sites for hydroxylation is 2. The largest absolute Gasteiger partial charge is 0.508 e. The lowest BCUT2D eigenvalue weighted by Gasteiger charge is -2.40. The summed E-state index contributed by atoms with van der Waals surface area (Å²) in [6.45, 7) is 3.97. The lowest BCUT2D eigenvalue weighted by Crippen LogP contribution is -2.67. The van der Waals surface area contributed by atoms with E-state index in [2.05, 4.69) is 21.3 Å². The first-order valence-corrected chi connectivity index (χ1v) is 21.4. The summed E-state index contributed by atoms with van der Waals surface area (Å²) >= 11 is 2.74. The zero-order chi connectivity index (χ0) is 43.2. The zero-order valence-corrected chi connectivity index (χ0v) is 34.6. The Morgan fingerprint density at radius 3 is 2.29 bits per heavy atom. The molecule has 1 spiro atoms. The molecule has 13 N–H and O–H groups in total. The first-order valence-electron chi connectivity index (χ1n) is 19.2. The van der Waals surface area contributed by atoms with Crippen LogP contribution >= 0.6 is 23.5 Å². The number of amides is 5. The van der Waals surface area contributed by atoms with Gasteiger partial charge in [0, 0.05) is 35.4 Å². The average Bonchev–Trinajstić information content (AvgIpc) is 3.57. The lowest BCUT2D eigenvalue weighted by molar-refractivity contribution is -0.301. The maximum atomic E-state index is 14.6. The number of carbonyl (C=O) groups is 5. The molecule has 0 aromatic heterocycles. The smallest absolute Gasteiger partial charge is 0.247 e. The number of hydrogen-bond acceptors (Lipinski definition) is 15. The van der Waals surface area contributed by atoms with Crippen LogP contribution in [-0.2, 0) is 52.7 Å². The number of benzene rings is 2. The maximum Gasteiger partial charge on any atom is 0.247 e. The van der Waals surface area contributed by atoms with Crippen molar-refractivity contribution in [2.45, 2.75) is 106 Å². The van der Waals surface area contributed by atoms with E-state index in [1.807, 2.05) is 26.0 Å². The minimum absolute atomic E-state index is 0.0696. The quantitative estimate of drug-likeness (QED) is 0.108. The second kappa shape index (κ2) is 20.0. The van der Waals surface area contributed by atoms with E-state index in [9.17, 15) is 49.5 Å². The van der Waals surface area contributed by atoms with Crippen molar-refractivity contribution >= 4 is 53.1 Å². The fraction of sp³-hybridized carbons (Fsp3) is 0.564. The van der Waals surface area contributed by atoms with Crippen molar-refractivity contribution in [2.75, 3.05) is 30.5 Å². The summed E-state index contributed by atoms with van der Waals surface area (Å²) in [6, 6.07) is 5.54. The third-order valence-corrected chi connectivity index (χ3v) is 13.4. The van der Waals surface area contributed by atoms with Gasteiger partial charge in [-0.1, -0.05) is 31.2 Å². The van der Waals surface area contributed by atoms with Crippen LogP contribution in [0.5, 0.6) is 5.75 Å². The van der Waals surface area contributed by atoms with E-state index in [0.29, 0.717) is 11.5 Å². The van der Waals surface area contributed by atoms with Crippen LogP contribution in [0.2, 0.25) is 0 Å². The standard InChI is InChI=1S/C39H54N6O12S2/c1-18-10-23(47)11-19(2)24(18)12-25(40)34(52)43-27-17-58-8-9-59-20(3)29(44-38(55)39(45-35(27)53)13-21-6-4-5-7-22(21)14-39)36(54)42-26(33(41)51)16-56-37-32(50)31(49)30(48)28(15-46)57-37/h4-7,10-11,20,25-32,37,46-50H,8-9,12-17,40H2,1-3H3,(H2,41,51)(H,42,54)(H,43,52)(H,44,55)(H,45,53)/t20?,25-,26-,27+,28?,29+,30+,31?,32?,37+/m0/s1. The predicted molar refractivity (Wildman–Crippen MR) is 218 cm³/mol. The van der Waals surface area contributed by atoms with Crippen molar-refractivity contribution in [3.8, 4) is 5.75 Å². The van der Waals surface area contributed by atoms with Crippen LogP contribution in [0.1, 0.15) is 34.7 Å². The molecular formula is C39H54N6O12S2. The highest BCUT2D eigenvalue weighted by atomic mass is 32.2. The summed E-state index contributed by atoms with van der Waals surface area (Å²) in [5.41, 5.74) is 14.3. The Balaban J connectivity index is 1.35. The van der Waals surface area contributed by atoms with E-state index in [-0.39, 0.29) is 30.8 Å². The topological polar surface area (TPSA) is 305 Å². The lowest BCUT2D eigenvalue weighted by atomic mass is 9.92. The Kier molecular flexibility index (Phi) is 15.7. The van der Waals surface area contributed by atoms with E-state index in [0.717, 1.165) is 27.8 Å². The Bertz CT molecular complexity index is 1820. The molecule has 5 amide bonds. The number of primary amides is 1. The van der Waals surface area contributed by atoms with Crippen LogP contribution in [-0.4, -0.2) is 151 Å². The highest BCUT2D eigenvalue weighted by Crippen LogP contribution is 2.32. The molecule has 10 atom stereocenters. The molecule has 2 heterocycles. The molecular weight excluding hydrogens is 809 g/mol. The van der Waals surface area contributed by atoms with Gasteiger partial charge in [0.1, 0.15) is 53.8 Å². The van der Waals surface area contributed by atoms with Gasteiger partial charge in [0.05, 0.1) is 19.3 Å². The third kappa shape index (κ3) is 11.0. The SMILES string of the molecule is Cc1cc(O)cc(C)c1C[C@H](N)C(=O)N[C@@H]1CSCCSC(C)[C@H](C(=O)N[C@@H](CO[C@@H]2OC(CO)[C@@H](O)C(O)C2O)C(N)=O)NC(=O)C2(Cc3ccccc3C2)NC1=O. The van der Waals surface area contributed by atoms with Crippen LogP contribution < -0.4 is 32.7 Å². The number of aromatic hydroxyl groups is 1. The molecule has 3 aliphatic rings. The van der Waals surface area contributed by atoms with Gasteiger partial charge in [0.15, 0.2) is 6.29 Å². The number of nitrogens with two attached hydrogens (primary N) is 2. The van der Waals surface area contributed by atoms with Crippen molar-refractivity contribution in [1.29, 1.82) is 0 Å². The number of aliphatic hydroxyl groups excluding tert-OH is 4. The van der Waals surface area contributed by atoms with Gasteiger partial charge in [-0.3, -0.25) is 24.0 Å². The second-order valence-electron chi connectivity index (χ2n) is 15.2. The molecule has 2 saturated heterocycles. The average molecular weight is 863 g/mol. The summed E-state index contributed by atoms with van der Waals surface area (Å²) in [4.78, 5) is 68.9. The molecule has 0 saturated carbocycles. The summed E-state index contributed by atoms with van der Waals surface area (Å²) in [5.74, 6) is -2.53. The van der Waals surface area contributed by atoms with E-state index >= 15 is 0 Å². The number of rotatable bonds is 11. The number of phenols is 1. The molecule has 2 aromatic carbocycles. The van der Waals surface area contributed by atoms with Crippen molar-refractivity contribution in [3.05, 3.63) is 64.2 Å². The van der Waals surface area contributed by atoms with Gasteiger partial charge in [-0.25, -0.2) is 0 Å². The monoisotopic (exact) mass is 862 g/mol. The van der Waals surface area contributed by atoms with Gasteiger partial charge in [0.25, 0.3) is 0 Å². The number of nitrogens with one attached hydrogen (secondary N) is 4. The number of hydrogen-bond donors (Lipinski definition) is 11. The first kappa shape index (κ1) is 46.1. The molecule has 5 rings (SSSR count). The summed E-state index contributed by atoms with van der Waals surface area (Å²) in [7, 11) is 0. The Hall–Kier alpha value is -3.99. The van der Waals surface area contributed by atoms with Crippen LogP contribution in [0.15, 0.2) is 36.4 Å². The molecule has 20 heteroatoms. The van der Waals surface area contributed by atoms with Gasteiger partial charge in [-0.2, -0.15) is 23.5 Å². The van der Waals surface area contributed by atoms with Crippen molar-refractivity contribution in [1.82, 2.24) is 21.3 Å². The van der Waals surface area contributed by atoms with Crippen molar-refractivity contribution in [2.24, 2.45) is 11.5 Å². The fourth-order valence-corrected chi connectivity index (χ4v) is 9.68. The predicted octanol–water partition coefficient (Wildman–Crippen LogP) is -2.84. The van der Waals surface area contributed by atoms with Crippen LogP contribution in [0, 0.1) is 13.8 Å². The Labute approximate surface area is 349 Å². The highest BCUT2D eigenvalue weighted by Gasteiger charge is 2.48. The van der Waals surface area contributed by atoms with E-state index in [1.54, 1.807) is 31.2 Å². The summed E-state index contributed by atoms with van der Waals surface area (Å²) in [6.07, 6.45) is -7.76. The van der Waals surface area contributed by atoms with E-state index in [4.69, 9.17) is 20.9 Å². The molecule has 2 aromatic rings. The maximum absolute atomic E-state index is 14.6. The normalized spacial score (nSPS) is 28.4. The molecule has 1 aliphatic carbocycles. The number of carbonyl (C=O) groups excluding carboxylic acids is 5. The van der Waals surface area contributed by atoms with Gasteiger partial charge < -0.3 is 67.7 Å². The summed E-state index contributed by atoms with van der Waals surface area (Å²) < 4.78 is 10.8. The van der Waals surface area contributed by atoms with Crippen molar-refractivity contribution < 1.29 is 59.0 Å². The number of ether oxygens (including phenoxy) is 2. The van der Waals surface area contributed by atoms with E-state index < -0.39 is 108 Å². The van der Waals surface area contributed by atoms with E-state index in [1.165, 1.54) is 23.5 Å². The van der Waals surface area contributed by atoms with Gasteiger partial charge in [-0.15, -0.1) is 0 Å². The first-order chi connectivity index (χ1) is 27.9. The molecule has 18 nitrogen and oxygen atoms in total. The fourth-order valence-electron chi connectivity index (χ4n) is 7.43. The van der Waals surface area contributed by atoms with Gasteiger partial charge in [0.2, 0.25) is 29.5 Å². The molecule has 0 radical (unpaired) electrons. The number of aliphatic hydroxyl groups is 4. The number of phenolic OH excluding ortho intramolecular Hbond substituents is 1. The van der Waals surface area contributed by atoms with Gasteiger partial charge in [-0.05, 0) is 60.2 Å². The number of thioether (sulfide) groups is 2. The third-order valence-electron chi connectivity index (χ3n) is 10.8. The molecule has 59 heavy (non-hydrogen) atoms. The number of fused-ring (bicyclic) bond motifs is 1. The minimum Gasteiger partial charge on any atom is -0.508 e. The van der Waals surface area contributed by atoms with Crippen LogP contribution in [0.25, 0.3) is 0 Å².